The molecule has 0 aliphatic rings. The van der Waals surface area contributed by atoms with Crippen LogP contribution in [0.3, 0.4) is 0 Å². The molecule has 1 heterocycles. The van der Waals surface area contributed by atoms with Crippen molar-refractivity contribution in [1.29, 1.82) is 0 Å². The molecule has 0 aliphatic heterocycles. The van der Waals surface area contributed by atoms with Gasteiger partial charge in [0.2, 0.25) is 0 Å². The van der Waals surface area contributed by atoms with Crippen molar-refractivity contribution in [2.45, 2.75) is 13.0 Å². The van der Waals surface area contributed by atoms with Crippen LogP contribution in [0.2, 0.25) is 0 Å². The first-order valence-corrected chi connectivity index (χ1v) is 9.77. The summed E-state index contributed by atoms with van der Waals surface area (Å²) in [6.45, 7) is 0.278. The summed E-state index contributed by atoms with van der Waals surface area (Å²) in [5.74, 6) is -1.04. The number of rotatable bonds is 9. The van der Waals surface area contributed by atoms with Crippen molar-refractivity contribution in [1.82, 2.24) is 10.2 Å². The maximum atomic E-state index is 12.1. The van der Waals surface area contributed by atoms with Gasteiger partial charge >= 0.3 is 5.97 Å². The molecule has 2 amide bonds. The summed E-state index contributed by atoms with van der Waals surface area (Å²) < 4.78 is 5.00. The van der Waals surface area contributed by atoms with Crippen LogP contribution in [0.15, 0.2) is 41.1 Å². The number of hydrogen-bond donors (Lipinski definition) is 1. The Balaban J connectivity index is 1.67. The van der Waals surface area contributed by atoms with Gasteiger partial charge in [-0.25, -0.2) is 0 Å². The lowest BCUT2D eigenvalue weighted by Gasteiger charge is -2.18. The van der Waals surface area contributed by atoms with Gasteiger partial charge in [0.25, 0.3) is 11.8 Å². The first-order chi connectivity index (χ1) is 13.4. The molecule has 150 valence electrons. The molecule has 2 rings (SSSR count). The van der Waals surface area contributed by atoms with E-state index >= 15 is 0 Å². The molecule has 0 radical (unpaired) electrons. The van der Waals surface area contributed by atoms with E-state index in [1.54, 1.807) is 18.5 Å². The molecule has 2 aromatic rings. The maximum Gasteiger partial charge on any atom is 0.308 e. The predicted molar refractivity (Wildman–Crippen MR) is 109 cm³/mol. The van der Waals surface area contributed by atoms with E-state index in [0.29, 0.717) is 12.1 Å². The van der Waals surface area contributed by atoms with E-state index in [2.05, 4.69) is 5.32 Å². The lowest BCUT2D eigenvalue weighted by Crippen LogP contribution is -2.31. The van der Waals surface area contributed by atoms with Crippen LogP contribution in [0.25, 0.3) is 0 Å². The van der Waals surface area contributed by atoms with E-state index in [0.717, 1.165) is 11.3 Å². The highest BCUT2D eigenvalue weighted by Crippen LogP contribution is 2.13. The molecular formula is C20H25N3O4S. The average Bonchev–Trinajstić information content (AvgIpc) is 3.21. The predicted octanol–water partition coefficient (Wildman–Crippen LogP) is 2.14. The lowest BCUT2D eigenvalue weighted by molar-refractivity contribution is -0.151. The average molecular weight is 404 g/mol. The van der Waals surface area contributed by atoms with Crippen molar-refractivity contribution in [2.24, 2.45) is 0 Å². The second-order valence-corrected chi connectivity index (χ2v) is 7.27. The van der Waals surface area contributed by atoms with E-state index in [4.69, 9.17) is 4.74 Å². The number of carbonyl (C=O) groups excluding carboxylic acids is 3. The summed E-state index contributed by atoms with van der Waals surface area (Å²) in [5.41, 5.74) is 2.63. The lowest BCUT2D eigenvalue weighted by atomic mass is 10.2. The fraction of sp³-hybridized carbons (Fsp3) is 0.350. The van der Waals surface area contributed by atoms with Gasteiger partial charge in [-0.3, -0.25) is 14.4 Å². The van der Waals surface area contributed by atoms with Crippen LogP contribution in [0.1, 0.15) is 22.3 Å². The zero-order valence-corrected chi connectivity index (χ0v) is 17.1. The Kier molecular flexibility index (Phi) is 8.01. The molecule has 1 aromatic carbocycles. The highest BCUT2D eigenvalue weighted by atomic mass is 32.1. The topological polar surface area (TPSA) is 79.0 Å². The molecule has 1 aromatic heterocycles. The van der Waals surface area contributed by atoms with Crippen LogP contribution in [-0.4, -0.2) is 57.0 Å². The number of carbonyl (C=O) groups is 3. The molecule has 8 heteroatoms. The summed E-state index contributed by atoms with van der Waals surface area (Å²) in [7, 11) is 5.59. The monoisotopic (exact) mass is 403 g/mol. The number of thiophene rings is 1. The Bertz CT molecular complexity index is 788. The number of benzene rings is 1. The minimum absolute atomic E-state index is 0.0128. The van der Waals surface area contributed by atoms with E-state index in [-0.39, 0.29) is 31.4 Å². The van der Waals surface area contributed by atoms with Gasteiger partial charge in [-0.1, -0.05) is 12.1 Å². The third-order valence-electron chi connectivity index (χ3n) is 4.05. The normalized spacial score (nSPS) is 10.2. The number of amides is 2. The standard InChI is InChI=1S/C20H25N3O4S/c1-22(2)17-6-4-15(5-7-17)12-23(3)18(24)13-27-19(25)8-10-21-20(26)16-9-11-28-14-16/h4-7,9,11,14H,8,10,12-13H2,1-3H3,(H,21,26). The summed E-state index contributed by atoms with van der Waals surface area (Å²) in [6, 6.07) is 9.60. The van der Waals surface area contributed by atoms with Gasteiger partial charge in [0.1, 0.15) is 0 Å². The van der Waals surface area contributed by atoms with Crippen LogP contribution in [0.4, 0.5) is 5.69 Å². The number of nitrogens with one attached hydrogen (secondary N) is 1. The van der Waals surface area contributed by atoms with Crippen LogP contribution >= 0.6 is 11.3 Å². The van der Waals surface area contributed by atoms with Crippen LogP contribution in [0, 0.1) is 0 Å². The Labute approximate surface area is 168 Å². The first kappa shape index (κ1) is 21.4. The van der Waals surface area contributed by atoms with E-state index < -0.39 is 5.97 Å². The van der Waals surface area contributed by atoms with Crippen LogP contribution < -0.4 is 10.2 Å². The smallest absolute Gasteiger partial charge is 0.308 e. The van der Waals surface area contributed by atoms with Crippen molar-refractivity contribution in [3.63, 3.8) is 0 Å². The molecule has 0 aliphatic carbocycles. The third-order valence-corrected chi connectivity index (χ3v) is 4.74. The largest absolute Gasteiger partial charge is 0.456 e. The fourth-order valence-corrected chi connectivity index (χ4v) is 3.00. The number of hydrogen-bond acceptors (Lipinski definition) is 6. The molecule has 7 nitrogen and oxygen atoms in total. The molecule has 0 unspecified atom stereocenters. The molecule has 0 atom stereocenters. The fourth-order valence-electron chi connectivity index (χ4n) is 2.36. The summed E-state index contributed by atoms with van der Waals surface area (Å²) >= 11 is 1.43. The molecule has 28 heavy (non-hydrogen) atoms. The Hall–Kier alpha value is -2.87. The minimum Gasteiger partial charge on any atom is -0.456 e. The van der Waals surface area contributed by atoms with Gasteiger partial charge in [0.05, 0.1) is 6.42 Å². The molecule has 0 saturated carbocycles. The molecular weight excluding hydrogens is 378 g/mol. The van der Waals surface area contributed by atoms with Gasteiger partial charge in [-0.05, 0) is 29.1 Å². The number of likely N-dealkylation sites (N-methyl/N-ethyl adjacent to an activating group) is 1. The molecule has 1 N–H and O–H groups in total. The first-order valence-electron chi connectivity index (χ1n) is 8.83. The van der Waals surface area contributed by atoms with Gasteiger partial charge in [-0.15, -0.1) is 0 Å². The van der Waals surface area contributed by atoms with Crippen molar-refractivity contribution in [3.8, 4) is 0 Å². The summed E-state index contributed by atoms with van der Waals surface area (Å²) in [4.78, 5) is 39.2. The van der Waals surface area contributed by atoms with Gasteiger partial charge in [0.15, 0.2) is 6.61 Å². The van der Waals surface area contributed by atoms with Gasteiger partial charge in [0, 0.05) is 50.9 Å². The number of ether oxygens (including phenoxy) is 1. The van der Waals surface area contributed by atoms with E-state index in [1.165, 1.54) is 16.2 Å². The van der Waals surface area contributed by atoms with Crippen molar-refractivity contribution >= 4 is 34.8 Å². The van der Waals surface area contributed by atoms with Crippen molar-refractivity contribution in [2.75, 3.05) is 39.2 Å². The number of nitrogens with zero attached hydrogens (tertiary/aromatic N) is 2. The van der Waals surface area contributed by atoms with Crippen molar-refractivity contribution < 1.29 is 19.1 Å². The second-order valence-electron chi connectivity index (χ2n) is 6.49. The Morgan fingerprint density at radius 2 is 1.79 bits per heavy atom. The zero-order valence-electron chi connectivity index (χ0n) is 16.3. The highest BCUT2D eigenvalue weighted by molar-refractivity contribution is 7.08. The Morgan fingerprint density at radius 3 is 2.39 bits per heavy atom. The second kappa shape index (κ2) is 10.5. The third kappa shape index (κ3) is 6.70. The SMILES string of the molecule is CN(Cc1ccc(N(C)C)cc1)C(=O)COC(=O)CCNC(=O)c1ccsc1. The number of anilines is 1. The highest BCUT2D eigenvalue weighted by Gasteiger charge is 2.13. The minimum atomic E-state index is -0.525. The van der Waals surface area contributed by atoms with Gasteiger partial charge in [-0.2, -0.15) is 11.3 Å². The Morgan fingerprint density at radius 1 is 1.07 bits per heavy atom. The van der Waals surface area contributed by atoms with Crippen molar-refractivity contribution in [3.05, 3.63) is 52.2 Å². The quantitative estimate of drug-likeness (QED) is 0.649. The molecule has 0 fully saturated rings. The maximum absolute atomic E-state index is 12.1. The van der Waals surface area contributed by atoms with E-state index in [1.807, 2.05) is 48.6 Å². The molecule has 0 bridgehead atoms. The zero-order chi connectivity index (χ0) is 20.5. The molecule has 0 saturated heterocycles. The molecule has 0 spiro atoms. The summed E-state index contributed by atoms with van der Waals surface area (Å²) in [6.07, 6.45) is 0.0128. The number of esters is 1. The van der Waals surface area contributed by atoms with Crippen LogP contribution in [0.5, 0.6) is 0 Å². The van der Waals surface area contributed by atoms with E-state index in [9.17, 15) is 14.4 Å². The van der Waals surface area contributed by atoms with Gasteiger partial charge < -0.3 is 19.9 Å². The van der Waals surface area contributed by atoms with Crippen LogP contribution in [-0.2, 0) is 20.9 Å². The summed E-state index contributed by atoms with van der Waals surface area (Å²) in [5, 5.41) is 6.18.